The van der Waals surface area contributed by atoms with Crippen molar-refractivity contribution in [1.29, 1.82) is 5.26 Å². The molecule has 3 N–H and O–H groups in total. The standard InChI is InChI=1S/C15H21N3S/c1-2-19-15-5-3-4-14(13(15)10-16)18-12-8-6-11(17)7-9-12/h3-5,11-12,18H,2,6-9,17H2,1H3. The van der Waals surface area contributed by atoms with Crippen LogP contribution in [0.2, 0.25) is 0 Å². The van der Waals surface area contributed by atoms with Crippen LogP contribution >= 0.6 is 11.8 Å². The molecule has 1 aromatic rings. The zero-order chi connectivity index (χ0) is 13.7. The Morgan fingerprint density at radius 3 is 2.74 bits per heavy atom. The Morgan fingerprint density at radius 2 is 2.11 bits per heavy atom. The van der Waals surface area contributed by atoms with Crippen LogP contribution in [0.15, 0.2) is 23.1 Å². The molecule has 0 atom stereocenters. The molecule has 1 fully saturated rings. The number of hydrogen-bond acceptors (Lipinski definition) is 4. The van der Waals surface area contributed by atoms with Crippen LogP contribution in [0.5, 0.6) is 0 Å². The second-order valence-corrected chi connectivity index (χ2v) is 6.29. The van der Waals surface area contributed by atoms with Crippen LogP contribution in [-0.2, 0) is 0 Å². The summed E-state index contributed by atoms with van der Waals surface area (Å²) in [7, 11) is 0. The lowest BCUT2D eigenvalue weighted by atomic mass is 9.91. The number of nitrogens with zero attached hydrogens (tertiary/aromatic N) is 1. The fraction of sp³-hybridized carbons (Fsp3) is 0.533. The monoisotopic (exact) mass is 275 g/mol. The SMILES string of the molecule is CCSc1cccc(NC2CCC(N)CC2)c1C#N. The van der Waals surface area contributed by atoms with E-state index < -0.39 is 0 Å². The topological polar surface area (TPSA) is 61.8 Å². The molecule has 0 saturated heterocycles. The third-order valence-electron chi connectivity index (χ3n) is 3.57. The average molecular weight is 275 g/mol. The zero-order valence-corrected chi connectivity index (χ0v) is 12.2. The molecule has 0 aromatic heterocycles. The summed E-state index contributed by atoms with van der Waals surface area (Å²) >= 11 is 1.72. The van der Waals surface area contributed by atoms with Gasteiger partial charge < -0.3 is 11.1 Å². The van der Waals surface area contributed by atoms with Crippen LogP contribution in [0, 0.1) is 11.3 Å². The highest BCUT2D eigenvalue weighted by molar-refractivity contribution is 7.99. The molecule has 2 rings (SSSR count). The molecule has 0 heterocycles. The normalized spacial score (nSPS) is 22.8. The van der Waals surface area contributed by atoms with Crippen LogP contribution in [0.3, 0.4) is 0 Å². The molecular formula is C15H21N3S. The Hall–Kier alpha value is -1.18. The molecular weight excluding hydrogens is 254 g/mol. The van der Waals surface area contributed by atoms with Crippen molar-refractivity contribution >= 4 is 17.4 Å². The lowest BCUT2D eigenvalue weighted by molar-refractivity contribution is 0.411. The summed E-state index contributed by atoms with van der Waals surface area (Å²) in [5, 5.41) is 12.9. The van der Waals surface area contributed by atoms with Crippen LogP contribution in [0.25, 0.3) is 0 Å². The molecule has 0 bridgehead atoms. The van der Waals surface area contributed by atoms with E-state index in [2.05, 4.69) is 18.3 Å². The van der Waals surface area contributed by atoms with Crippen LogP contribution in [0.1, 0.15) is 38.2 Å². The highest BCUT2D eigenvalue weighted by Crippen LogP contribution is 2.30. The third kappa shape index (κ3) is 3.65. The molecule has 4 heteroatoms. The summed E-state index contributed by atoms with van der Waals surface area (Å²) in [6, 6.07) is 9.20. The van der Waals surface area contributed by atoms with Crippen LogP contribution in [0.4, 0.5) is 5.69 Å². The van der Waals surface area contributed by atoms with Gasteiger partial charge in [-0.2, -0.15) is 5.26 Å². The summed E-state index contributed by atoms with van der Waals surface area (Å²) in [5.74, 6) is 0.983. The van der Waals surface area contributed by atoms with Crippen LogP contribution in [-0.4, -0.2) is 17.8 Å². The second-order valence-electron chi connectivity index (χ2n) is 4.98. The first-order valence-electron chi connectivity index (χ1n) is 6.92. The molecule has 0 aliphatic heterocycles. The van der Waals surface area contributed by atoms with Gasteiger partial charge in [-0.1, -0.05) is 13.0 Å². The minimum Gasteiger partial charge on any atom is -0.381 e. The van der Waals surface area contributed by atoms with E-state index in [1.54, 1.807) is 11.8 Å². The number of hydrogen-bond donors (Lipinski definition) is 2. The molecule has 19 heavy (non-hydrogen) atoms. The van der Waals surface area contributed by atoms with Crippen molar-refractivity contribution in [3.05, 3.63) is 23.8 Å². The van der Waals surface area contributed by atoms with Gasteiger partial charge in [0.2, 0.25) is 0 Å². The minimum absolute atomic E-state index is 0.357. The highest BCUT2D eigenvalue weighted by Gasteiger charge is 2.19. The van der Waals surface area contributed by atoms with Gasteiger partial charge in [0.15, 0.2) is 0 Å². The van der Waals surface area contributed by atoms with Gasteiger partial charge in [-0.05, 0) is 43.6 Å². The van der Waals surface area contributed by atoms with Crippen molar-refractivity contribution in [2.45, 2.75) is 49.6 Å². The number of anilines is 1. The molecule has 0 spiro atoms. The Morgan fingerprint density at radius 1 is 1.37 bits per heavy atom. The van der Waals surface area contributed by atoms with Gasteiger partial charge >= 0.3 is 0 Å². The Bertz CT molecular complexity index is 459. The van der Waals surface area contributed by atoms with Crippen molar-refractivity contribution in [3.8, 4) is 6.07 Å². The number of nitriles is 1. The lowest BCUT2D eigenvalue weighted by Crippen LogP contribution is -2.33. The van der Waals surface area contributed by atoms with Crippen LogP contribution < -0.4 is 11.1 Å². The molecule has 102 valence electrons. The molecule has 1 aliphatic carbocycles. The van der Waals surface area contributed by atoms with E-state index in [4.69, 9.17) is 5.73 Å². The second kappa shape index (κ2) is 6.83. The molecule has 0 radical (unpaired) electrons. The fourth-order valence-corrected chi connectivity index (χ4v) is 3.31. The fourth-order valence-electron chi connectivity index (χ4n) is 2.53. The van der Waals surface area contributed by atoms with E-state index in [1.165, 1.54) is 0 Å². The first kappa shape index (κ1) is 14.2. The summed E-state index contributed by atoms with van der Waals surface area (Å²) in [5.41, 5.74) is 7.68. The summed E-state index contributed by atoms with van der Waals surface area (Å²) in [6.07, 6.45) is 4.33. The van der Waals surface area contributed by atoms with Crippen molar-refractivity contribution in [2.75, 3.05) is 11.1 Å². The maximum Gasteiger partial charge on any atom is 0.102 e. The van der Waals surface area contributed by atoms with Crippen molar-refractivity contribution in [1.82, 2.24) is 0 Å². The maximum absolute atomic E-state index is 9.37. The van der Waals surface area contributed by atoms with Gasteiger partial charge in [0.1, 0.15) is 6.07 Å². The Balaban J connectivity index is 2.11. The smallest absolute Gasteiger partial charge is 0.102 e. The number of nitrogens with two attached hydrogens (primary N) is 1. The first-order chi connectivity index (χ1) is 9.24. The maximum atomic E-state index is 9.37. The number of thioether (sulfide) groups is 1. The molecule has 0 unspecified atom stereocenters. The number of nitrogens with one attached hydrogen (secondary N) is 1. The quantitative estimate of drug-likeness (QED) is 0.827. The molecule has 0 amide bonds. The van der Waals surface area contributed by atoms with Gasteiger partial charge in [0.05, 0.1) is 11.3 Å². The summed E-state index contributed by atoms with van der Waals surface area (Å²) in [6.45, 7) is 2.11. The predicted octanol–water partition coefficient (Wildman–Crippen LogP) is 3.35. The minimum atomic E-state index is 0.357. The molecule has 3 nitrogen and oxygen atoms in total. The average Bonchev–Trinajstić information content (AvgIpc) is 2.42. The highest BCUT2D eigenvalue weighted by atomic mass is 32.2. The predicted molar refractivity (Wildman–Crippen MR) is 81.4 cm³/mol. The summed E-state index contributed by atoms with van der Waals surface area (Å²) in [4.78, 5) is 1.07. The van der Waals surface area contributed by atoms with E-state index in [9.17, 15) is 5.26 Å². The summed E-state index contributed by atoms with van der Waals surface area (Å²) < 4.78 is 0. The van der Waals surface area contributed by atoms with E-state index in [-0.39, 0.29) is 0 Å². The van der Waals surface area contributed by atoms with Gasteiger partial charge in [-0.15, -0.1) is 11.8 Å². The van der Waals surface area contributed by atoms with Gasteiger partial charge in [-0.3, -0.25) is 0 Å². The van der Waals surface area contributed by atoms with E-state index in [1.807, 2.05) is 18.2 Å². The van der Waals surface area contributed by atoms with E-state index in [0.717, 1.165) is 47.6 Å². The Labute approximate surface area is 119 Å². The van der Waals surface area contributed by atoms with Crippen molar-refractivity contribution < 1.29 is 0 Å². The number of benzene rings is 1. The zero-order valence-electron chi connectivity index (χ0n) is 11.4. The van der Waals surface area contributed by atoms with Crippen molar-refractivity contribution in [3.63, 3.8) is 0 Å². The lowest BCUT2D eigenvalue weighted by Gasteiger charge is -2.28. The van der Waals surface area contributed by atoms with E-state index in [0.29, 0.717) is 12.1 Å². The van der Waals surface area contributed by atoms with Gasteiger partial charge in [0.25, 0.3) is 0 Å². The van der Waals surface area contributed by atoms with Gasteiger partial charge in [0, 0.05) is 17.0 Å². The third-order valence-corrected chi connectivity index (χ3v) is 4.51. The first-order valence-corrected chi connectivity index (χ1v) is 7.91. The largest absolute Gasteiger partial charge is 0.381 e. The Kier molecular flexibility index (Phi) is 5.12. The molecule has 1 saturated carbocycles. The van der Waals surface area contributed by atoms with Gasteiger partial charge in [-0.25, -0.2) is 0 Å². The molecule has 1 aliphatic rings. The van der Waals surface area contributed by atoms with Crippen molar-refractivity contribution in [2.24, 2.45) is 5.73 Å². The van der Waals surface area contributed by atoms with E-state index >= 15 is 0 Å². The number of rotatable bonds is 4. The molecule has 1 aromatic carbocycles.